The van der Waals surface area contributed by atoms with Gasteiger partial charge in [0, 0.05) is 19.6 Å². The molecule has 17 heavy (non-hydrogen) atoms. The average molecular weight is 242 g/mol. The third-order valence-electron chi connectivity index (χ3n) is 2.78. The van der Waals surface area contributed by atoms with Crippen LogP contribution < -0.4 is 11.1 Å². The van der Waals surface area contributed by atoms with Gasteiger partial charge in [0.2, 0.25) is 5.91 Å². The summed E-state index contributed by atoms with van der Waals surface area (Å²) in [4.78, 5) is 17.1. The number of nitrogens with two attached hydrogens (primary N) is 1. The summed E-state index contributed by atoms with van der Waals surface area (Å²) in [5, 5.41) is 2.72. The van der Waals surface area contributed by atoms with Gasteiger partial charge < -0.3 is 20.7 Å². The average Bonchev–Trinajstić information content (AvgIpc) is 2.34. The monoisotopic (exact) mass is 242 g/mol. The van der Waals surface area contributed by atoms with E-state index in [1.54, 1.807) is 0 Å². The second kappa shape index (κ2) is 8.03. The molecule has 0 atom stereocenters. The lowest BCUT2D eigenvalue weighted by atomic mass is 10.1. The minimum Gasteiger partial charge on any atom is -0.390 e. The van der Waals surface area contributed by atoms with Gasteiger partial charge in [0.1, 0.15) is 6.54 Å². The highest BCUT2D eigenvalue weighted by Gasteiger charge is 2.16. The van der Waals surface area contributed by atoms with Crippen LogP contribution >= 0.6 is 0 Å². The summed E-state index contributed by atoms with van der Waals surface area (Å²) in [6.45, 7) is 3.35. The van der Waals surface area contributed by atoms with Crippen LogP contribution in [0.25, 0.3) is 0 Å². The van der Waals surface area contributed by atoms with Crippen LogP contribution in [0.15, 0.2) is 4.99 Å². The first-order chi connectivity index (χ1) is 8.22. The third kappa shape index (κ3) is 6.23. The highest BCUT2D eigenvalue weighted by atomic mass is 16.5. The number of hydrogen-bond donors (Lipinski definition) is 2. The van der Waals surface area contributed by atoms with Crippen molar-refractivity contribution in [1.82, 2.24) is 10.2 Å². The lowest BCUT2D eigenvalue weighted by Crippen LogP contribution is -2.36. The second-order valence-electron chi connectivity index (χ2n) is 4.21. The summed E-state index contributed by atoms with van der Waals surface area (Å²) in [6, 6.07) is 0. The Balaban J connectivity index is 1.98. The zero-order valence-electron chi connectivity index (χ0n) is 10.4. The number of nitrogens with zero attached hydrogens (tertiary/aromatic N) is 2. The van der Waals surface area contributed by atoms with Crippen LogP contribution in [0.1, 0.15) is 12.8 Å². The van der Waals surface area contributed by atoms with E-state index < -0.39 is 0 Å². The SMILES string of the molecule is CN1CCC(OCCNC(=O)CN=CN)CC1. The third-order valence-corrected chi connectivity index (χ3v) is 2.78. The van der Waals surface area contributed by atoms with E-state index >= 15 is 0 Å². The van der Waals surface area contributed by atoms with Crippen LogP contribution in [0.4, 0.5) is 0 Å². The molecule has 0 aliphatic carbocycles. The molecule has 0 saturated carbocycles. The smallest absolute Gasteiger partial charge is 0.241 e. The molecule has 1 rings (SSSR count). The van der Waals surface area contributed by atoms with Gasteiger partial charge in [0.25, 0.3) is 0 Å². The van der Waals surface area contributed by atoms with E-state index in [9.17, 15) is 4.79 Å². The Morgan fingerprint density at radius 2 is 2.29 bits per heavy atom. The van der Waals surface area contributed by atoms with Crippen LogP contribution in [-0.4, -0.2) is 63.1 Å². The first kappa shape index (κ1) is 13.9. The minimum absolute atomic E-state index is 0.0880. The molecule has 98 valence electrons. The summed E-state index contributed by atoms with van der Waals surface area (Å²) in [5.74, 6) is -0.126. The van der Waals surface area contributed by atoms with Crippen LogP contribution in [0.2, 0.25) is 0 Å². The van der Waals surface area contributed by atoms with Crippen molar-refractivity contribution in [3.63, 3.8) is 0 Å². The fourth-order valence-electron chi connectivity index (χ4n) is 1.76. The largest absolute Gasteiger partial charge is 0.390 e. The van der Waals surface area contributed by atoms with E-state index in [1.165, 1.54) is 0 Å². The van der Waals surface area contributed by atoms with Crippen LogP contribution in [0, 0.1) is 0 Å². The molecule has 1 heterocycles. The molecule has 0 aromatic carbocycles. The molecule has 3 N–H and O–H groups in total. The first-order valence-corrected chi connectivity index (χ1v) is 5.99. The summed E-state index contributed by atoms with van der Waals surface area (Å²) < 4.78 is 5.68. The van der Waals surface area contributed by atoms with Crippen molar-refractivity contribution in [1.29, 1.82) is 0 Å². The fraction of sp³-hybridized carbons (Fsp3) is 0.818. The van der Waals surface area contributed by atoms with E-state index in [0.29, 0.717) is 19.3 Å². The number of amides is 1. The molecule has 0 unspecified atom stereocenters. The molecule has 0 radical (unpaired) electrons. The predicted molar refractivity (Wildman–Crippen MR) is 67.0 cm³/mol. The van der Waals surface area contributed by atoms with Crippen molar-refractivity contribution in [2.24, 2.45) is 10.7 Å². The number of nitrogens with one attached hydrogen (secondary N) is 1. The maximum absolute atomic E-state index is 11.2. The molecular weight excluding hydrogens is 220 g/mol. The number of carbonyl (C=O) groups is 1. The van der Waals surface area contributed by atoms with Gasteiger partial charge in [-0.1, -0.05) is 0 Å². The topological polar surface area (TPSA) is 80.0 Å². The van der Waals surface area contributed by atoms with E-state index in [1.807, 2.05) is 0 Å². The van der Waals surface area contributed by atoms with Crippen molar-refractivity contribution < 1.29 is 9.53 Å². The minimum atomic E-state index is -0.126. The Morgan fingerprint density at radius 1 is 1.59 bits per heavy atom. The number of likely N-dealkylation sites (tertiary alicyclic amines) is 1. The molecule has 0 aromatic rings. The number of carbonyl (C=O) groups excluding carboxylic acids is 1. The molecule has 0 aromatic heterocycles. The summed E-state index contributed by atoms with van der Waals surface area (Å²) in [7, 11) is 2.12. The molecule has 6 nitrogen and oxygen atoms in total. The number of ether oxygens (including phenoxy) is 1. The predicted octanol–water partition coefficient (Wildman–Crippen LogP) is -0.800. The Kier molecular flexibility index (Phi) is 6.57. The van der Waals surface area contributed by atoms with Gasteiger partial charge in [0.15, 0.2) is 0 Å². The summed E-state index contributed by atoms with van der Waals surface area (Å²) in [6.07, 6.45) is 3.61. The Labute approximate surface area is 102 Å². The van der Waals surface area contributed by atoms with Crippen LogP contribution in [0.3, 0.4) is 0 Å². The quantitative estimate of drug-likeness (QED) is 0.363. The summed E-state index contributed by atoms with van der Waals surface area (Å²) in [5.41, 5.74) is 5.04. The van der Waals surface area contributed by atoms with Gasteiger partial charge in [-0.2, -0.15) is 0 Å². The number of aliphatic imine (C=N–C) groups is 1. The van der Waals surface area contributed by atoms with Crippen LogP contribution in [0.5, 0.6) is 0 Å². The van der Waals surface area contributed by atoms with Gasteiger partial charge in [-0.05, 0) is 19.9 Å². The molecular formula is C11H22N4O2. The lowest BCUT2D eigenvalue weighted by molar-refractivity contribution is -0.120. The lowest BCUT2D eigenvalue weighted by Gasteiger charge is -2.28. The second-order valence-corrected chi connectivity index (χ2v) is 4.21. The molecule has 1 aliphatic heterocycles. The molecule has 0 bridgehead atoms. The van der Waals surface area contributed by atoms with E-state index in [0.717, 1.165) is 32.3 Å². The van der Waals surface area contributed by atoms with Gasteiger partial charge in [-0.3, -0.25) is 9.79 Å². The number of hydrogen-bond acceptors (Lipinski definition) is 4. The first-order valence-electron chi connectivity index (χ1n) is 5.99. The maximum Gasteiger partial charge on any atom is 0.241 e. The highest BCUT2D eigenvalue weighted by molar-refractivity contribution is 5.79. The van der Waals surface area contributed by atoms with Crippen molar-refractivity contribution >= 4 is 12.2 Å². The summed E-state index contributed by atoms with van der Waals surface area (Å²) >= 11 is 0. The molecule has 1 saturated heterocycles. The molecule has 1 aliphatic rings. The molecule has 6 heteroatoms. The van der Waals surface area contributed by atoms with Gasteiger partial charge >= 0.3 is 0 Å². The molecule has 1 amide bonds. The van der Waals surface area contributed by atoms with E-state index in [-0.39, 0.29) is 12.5 Å². The maximum atomic E-state index is 11.2. The van der Waals surface area contributed by atoms with Crippen molar-refractivity contribution in [2.45, 2.75) is 18.9 Å². The Bertz CT molecular complexity index is 250. The number of rotatable bonds is 6. The van der Waals surface area contributed by atoms with Gasteiger partial charge in [-0.15, -0.1) is 0 Å². The Hall–Kier alpha value is -1.14. The fourth-order valence-corrected chi connectivity index (χ4v) is 1.76. The Morgan fingerprint density at radius 3 is 2.94 bits per heavy atom. The normalized spacial score (nSPS) is 18.6. The standard InChI is InChI=1S/C11H22N4O2/c1-15-5-2-10(3-6-15)17-7-4-14-11(16)8-13-9-12/h9-10H,2-8H2,1H3,(H2,12,13)(H,14,16). The zero-order chi connectivity index (χ0) is 12.5. The van der Waals surface area contributed by atoms with Gasteiger partial charge in [0.05, 0.1) is 19.0 Å². The van der Waals surface area contributed by atoms with Crippen LogP contribution in [-0.2, 0) is 9.53 Å². The van der Waals surface area contributed by atoms with E-state index in [4.69, 9.17) is 10.5 Å². The molecule has 1 fully saturated rings. The number of piperidine rings is 1. The zero-order valence-corrected chi connectivity index (χ0v) is 10.4. The van der Waals surface area contributed by atoms with Crippen molar-refractivity contribution in [2.75, 3.05) is 39.8 Å². The van der Waals surface area contributed by atoms with E-state index in [2.05, 4.69) is 22.3 Å². The van der Waals surface area contributed by atoms with Crippen molar-refractivity contribution in [3.05, 3.63) is 0 Å². The molecule has 0 spiro atoms. The highest BCUT2D eigenvalue weighted by Crippen LogP contribution is 2.11. The van der Waals surface area contributed by atoms with Gasteiger partial charge in [-0.25, -0.2) is 0 Å². The van der Waals surface area contributed by atoms with Crippen molar-refractivity contribution in [3.8, 4) is 0 Å².